The van der Waals surface area contributed by atoms with E-state index in [4.69, 9.17) is 14.5 Å². The summed E-state index contributed by atoms with van der Waals surface area (Å²) in [5, 5.41) is 11.7. The molecule has 7 nitrogen and oxygen atoms in total. The molecular weight excluding hydrogens is 442 g/mol. The van der Waals surface area contributed by atoms with E-state index in [0.717, 1.165) is 17.8 Å². The molecule has 1 aliphatic rings. The van der Waals surface area contributed by atoms with Gasteiger partial charge >= 0.3 is 0 Å². The molecule has 3 aromatic carbocycles. The van der Waals surface area contributed by atoms with Gasteiger partial charge in [-0.15, -0.1) is 0 Å². The Hall–Kier alpha value is -4.10. The summed E-state index contributed by atoms with van der Waals surface area (Å²) in [7, 11) is 4.06. The highest BCUT2D eigenvalue weighted by Crippen LogP contribution is 2.36. The molecule has 0 saturated carbocycles. The number of ether oxygens (including phenoxy) is 2. The molecule has 0 atom stereocenters. The molecule has 35 heavy (non-hydrogen) atoms. The number of nitrogens with zero attached hydrogens (tertiary/aromatic N) is 2. The number of hydrogen-bond acceptors (Lipinski definition) is 6. The van der Waals surface area contributed by atoms with E-state index >= 15 is 0 Å². The van der Waals surface area contributed by atoms with E-state index in [1.165, 1.54) is 12.5 Å². The Morgan fingerprint density at radius 3 is 2.40 bits per heavy atom. The molecule has 0 saturated heterocycles. The molecule has 1 aromatic heterocycles. The van der Waals surface area contributed by atoms with Crippen molar-refractivity contribution < 1.29 is 19.4 Å². The average Bonchev–Trinajstić information content (AvgIpc) is 3.17. The summed E-state index contributed by atoms with van der Waals surface area (Å²) in [4.78, 5) is 22.2. The molecule has 0 amide bonds. The number of fused-ring (bicyclic) bond motifs is 2. The Morgan fingerprint density at radius 1 is 0.971 bits per heavy atom. The molecule has 0 bridgehead atoms. The van der Waals surface area contributed by atoms with Crippen molar-refractivity contribution in [3.63, 3.8) is 0 Å². The van der Waals surface area contributed by atoms with Crippen LogP contribution in [0.4, 0.5) is 5.69 Å². The van der Waals surface area contributed by atoms with Crippen molar-refractivity contribution in [1.29, 1.82) is 0 Å². The first kappa shape index (κ1) is 22.7. The monoisotopic (exact) mass is 469 g/mol. The van der Waals surface area contributed by atoms with Gasteiger partial charge in [-0.1, -0.05) is 12.1 Å². The number of carbonyl (C=O) groups excluding carboxylic acids is 1. The molecule has 0 aliphatic carbocycles. The zero-order chi connectivity index (χ0) is 24.5. The Labute approximate surface area is 203 Å². The van der Waals surface area contributed by atoms with Crippen LogP contribution in [0.25, 0.3) is 10.9 Å². The number of aliphatic imine (C=N–C) groups is 1. The number of aromatic amines is 1. The van der Waals surface area contributed by atoms with Gasteiger partial charge in [0.2, 0.25) is 0 Å². The molecule has 2 N–H and O–H groups in total. The smallest absolute Gasteiger partial charge is 0.199 e. The Balaban J connectivity index is 1.69. The third-order valence-electron chi connectivity index (χ3n) is 5.91. The number of rotatable bonds is 6. The number of nitrogens with one attached hydrogen (secondary N) is 1. The van der Waals surface area contributed by atoms with Gasteiger partial charge in [0.25, 0.3) is 0 Å². The van der Waals surface area contributed by atoms with Crippen LogP contribution in [0.3, 0.4) is 0 Å². The molecule has 0 spiro atoms. The fourth-order valence-electron chi connectivity index (χ4n) is 4.26. The minimum absolute atomic E-state index is 0.0152. The second kappa shape index (κ2) is 9.27. The van der Waals surface area contributed by atoms with Crippen molar-refractivity contribution in [3.05, 3.63) is 82.9 Å². The van der Waals surface area contributed by atoms with E-state index in [0.29, 0.717) is 52.5 Å². The maximum absolute atomic E-state index is 12.1. The normalized spacial score (nSPS) is 13.4. The lowest BCUT2D eigenvalue weighted by Crippen LogP contribution is -2.16. The number of H-pyrrole nitrogens is 1. The van der Waals surface area contributed by atoms with Crippen LogP contribution in [0.5, 0.6) is 17.4 Å². The number of benzene rings is 3. The van der Waals surface area contributed by atoms with Crippen LogP contribution in [-0.2, 0) is 6.54 Å². The minimum Gasteiger partial charge on any atom is -0.494 e. The first-order valence-corrected chi connectivity index (χ1v) is 11.5. The first-order valence-electron chi connectivity index (χ1n) is 11.5. The lowest BCUT2D eigenvalue weighted by Gasteiger charge is -2.19. The summed E-state index contributed by atoms with van der Waals surface area (Å²) in [5.74, 6) is 1.24. The first-order chi connectivity index (χ1) is 16.9. The summed E-state index contributed by atoms with van der Waals surface area (Å²) >= 11 is 0. The summed E-state index contributed by atoms with van der Waals surface area (Å²) in [6, 6.07) is 19.0. The van der Waals surface area contributed by atoms with Crippen molar-refractivity contribution in [3.8, 4) is 17.4 Å². The van der Waals surface area contributed by atoms with Crippen LogP contribution in [0, 0.1) is 0 Å². The molecule has 0 unspecified atom stereocenters. The van der Waals surface area contributed by atoms with Gasteiger partial charge in [0.1, 0.15) is 13.2 Å². The Bertz CT molecular complexity index is 1430. The van der Waals surface area contributed by atoms with E-state index in [2.05, 4.69) is 9.88 Å². The number of aromatic nitrogens is 1. The van der Waals surface area contributed by atoms with Gasteiger partial charge in [-0.3, -0.25) is 4.79 Å². The number of ketones is 1. The molecule has 7 heteroatoms. The SMILES string of the molecule is CC(=O)c1ccc2[nH]c(O)c(C(=Nc3ccc(CN(C)C)cc3)c3ccc4c(c3)OCCO4)c2c1. The van der Waals surface area contributed by atoms with Crippen LogP contribution in [0.1, 0.15) is 34.0 Å². The van der Waals surface area contributed by atoms with Crippen LogP contribution in [0.2, 0.25) is 0 Å². The number of aromatic hydroxyl groups is 1. The summed E-state index contributed by atoms with van der Waals surface area (Å²) in [5.41, 5.74) is 5.05. The molecule has 178 valence electrons. The van der Waals surface area contributed by atoms with Gasteiger partial charge in [0, 0.05) is 28.6 Å². The average molecular weight is 470 g/mol. The molecule has 2 heterocycles. The number of carbonyl (C=O) groups is 1. The molecular formula is C28H27N3O4. The topological polar surface area (TPSA) is 87.2 Å². The van der Waals surface area contributed by atoms with Gasteiger partial charge in [-0.2, -0.15) is 0 Å². The van der Waals surface area contributed by atoms with Gasteiger partial charge < -0.3 is 24.5 Å². The minimum atomic E-state index is -0.0483. The van der Waals surface area contributed by atoms with Crippen LogP contribution in [0.15, 0.2) is 65.7 Å². The van der Waals surface area contributed by atoms with Crippen molar-refractivity contribution in [2.24, 2.45) is 4.99 Å². The van der Waals surface area contributed by atoms with Crippen molar-refractivity contribution in [2.45, 2.75) is 13.5 Å². The van der Waals surface area contributed by atoms with Crippen molar-refractivity contribution in [1.82, 2.24) is 9.88 Å². The second-order valence-electron chi connectivity index (χ2n) is 8.89. The third-order valence-corrected chi connectivity index (χ3v) is 5.91. The standard InChI is InChI=1S/C28H27N3O4/c1-17(32)19-6-10-23-22(14-19)26(28(33)30-23)27(20-7-11-24-25(15-20)35-13-12-34-24)29-21-8-4-18(5-9-21)16-31(2)3/h4-11,14-15,30,33H,12-13,16H2,1-3H3. The fraction of sp³-hybridized carbons (Fsp3) is 0.214. The summed E-state index contributed by atoms with van der Waals surface area (Å²) in [6.07, 6.45) is 0. The summed E-state index contributed by atoms with van der Waals surface area (Å²) < 4.78 is 11.5. The van der Waals surface area contributed by atoms with Gasteiger partial charge in [-0.25, -0.2) is 4.99 Å². The van der Waals surface area contributed by atoms with Gasteiger partial charge in [0.15, 0.2) is 23.2 Å². The van der Waals surface area contributed by atoms with Gasteiger partial charge in [0.05, 0.1) is 17.0 Å². The second-order valence-corrected chi connectivity index (χ2v) is 8.89. The predicted octanol–water partition coefficient (Wildman–Crippen LogP) is 5.08. The van der Waals surface area contributed by atoms with Crippen molar-refractivity contribution >= 4 is 28.1 Å². The Kier molecular flexibility index (Phi) is 6.01. The highest BCUT2D eigenvalue weighted by molar-refractivity contribution is 6.22. The molecule has 1 aliphatic heterocycles. The fourth-order valence-corrected chi connectivity index (χ4v) is 4.26. The lowest BCUT2D eigenvalue weighted by atomic mass is 9.98. The maximum Gasteiger partial charge on any atom is 0.199 e. The highest BCUT2D eigenvalue weighted by atomic mass is 16.6. The lowest BCUT2D eigenvalue weighted by molar-refractivity contribution is 0.101. The highest BCUT2D eigenvalue weighted by Gasteiger charge is 2.22. The summed E-state index contributed by atoms with van der Waals surface area (Å²) in [6.45, 7) is 3.33. The van der Waals surface area contributed by atoms with Crippen LogP contribution < -0.4 is 9.47 Å². The third kappa shape index (κ3) is 4.63. The van der Waals surface area contributed by atoms with Crippen LogP contribution >= 0.6 is 0 Å². The molecule has 4 aromatic rings. The van der Waals surface area contributed by atoms with E-state index in [9.17, 15) is 9.90 Å². The quantitative estimate of drug-likeness (QED) is 0.304. The zero-order valence-corrected chi connectivity index (χ0v) is 20.0. The van der Waals surface area contributed by atoms with E-state index in [-0.39, 0.29) is 11.7 Å². The maximum atomic E-state index is 12.1. The predicted molar refractivity (Wildman–Crippen MR) is 137 cm³/mol. The van der Waals surface area contributed by atoms with E-state index in [1.807, 2.05) is 56.6 Å². The van der Waals surface area contributed by atoms with Crippen LogP contribution in [-0.4, -0.2) is 53.8 Å². The van der Waals surface area contributed by atoms with E-state index < -0.39 is 0 Å². The number of Topliss-reactive ketones (excluding diaryl/α,β-unsaturated/α-hetero) is 1. The van der Waals surface area contributed by atoms with Gasteiger partial charge in [-0.05, 0) is 75.1 Å². The Morgan fingerprint density at radius 2 is 1.69 bits per heavy atom. The molecule has 5 rings (SSSR count). The molecule has 0 radical (unpaired) electrons. The van der Waals surface area contributed by atoms with E-state index in [1.54, 1.807) is 18.2 Å². The zero-order valence-electron chi connectivity index (χ0n) is 20.0. The molecule has 0 fully saturated rings. The van der Waals surface area contributed by atoms with Crippen molar-refractivity contribution in [2.75, 3.05) is 27.3 Å². The number of hydrogen-bond donors (Lipinski definition) is 2. The largest absolute Gasteiger partial charge is 0.494 e.